The van der Waals surface area contributed by atoms with Gasteiger partial charge < -0.3 is 14.6 Å². The van der Waals surface area contributed by atoms with Crippen LogP contribution in [0.5, 0.6) is 17.4 Å². The van der Waals surface area contributed by atoms with E-state index in [-0.39, 0.29) is 0 Å². The lowest BCUT2D eigenvalue weighted by Crippen LogP contribution is -1.98. The molecule has 20 heavy (non-hydrogen) atoms. The van der Waals surface area contributed by atoms with Gasteiger partial charge in [0.1, 0.15) is 11.5 Å². The van der Waals surface area contributed by atoms with Crippen molar-refractivity contribution in [2.45, 2.75) is 13.0 Å². The number of nitrogens with zero attached hydrogens (tertiary/aromatic N) is 1. The van der Waals surface area contributed by atoms with Gasteiger partial charge in [0.15, 0.2) is 0 Å². The molecule has 2 rings (SSSR count). The van der Waals surface area contributed by atoms with Crippen LogP contribution in [-0.4, -0.2) is 17.2 Å². The van der Waals surface area contributed by atoms with E-state index in [4.69, 9.17) is 9.47 Å². The first-order chi connectivity index (χ1) is 9.52. The van der Waals surface area contributed by atoms with E-state index in [2.05, 4.69) is 36.8 Å². The van der Waals surface area contributed by atoms with E-state index >= 15 is 0 Å². The van der Waals surface area contributed by atoms with Crippen molar-refractivity contribution in [3.8, 4) is 17.4 Å². The van der Waals surface area contributed by atoms with Gasteiger partial charge in [-0.05, 0) is 63.0 Å². The minimum Gasteiger partial charge on any atom is -0.496 e. The Morgan fingerprint density at radius 2 is 1.85 bits per heavy atom. The van der Waals surface area contributed by atoms with Crippen LogP contribution in [0.25, 0.3) is 0 Å². The monoisotopic (exact) mass is 401 g/mol. The molecular formula is C14H13Br2NO3. The molecule has 1 aromatic carbocycles. The number of halogens is 2. The second-order valence-electron chi connectivity index (χ2n) is 4.09. The summed E-state index contributed by atoms with van der Waals surface area (Å²) < 4.78 is 12.5. The number of aliphatic hydroxyl groups excluding tert-OH is 1. The lowest BCUT2D eigenvalue weighted by molar-refractivity contribution is 0.194. The predicted octanol–water partition coefficient (Wildman–Crippen LogP) is 4.46. The molecule has 2 aromatic rings. The third-order valence-corrected chi connectivity index (χ3v) is 3.90. The first-order valence-electron chi connectivity index (χ1n) is 5.86. The molecule has 0 aliphatic heterocycles. The third-order valence-electron chi connectivity index (χ3n) is 2.66. The van der Waals surface area contributed by atoms with Gasteiger partial charge >= 0.3 is 0 Å². The van der Waals surface area contributed by atoms with Gasteiger partial charge in [-0.1, -0.05) is 0 Å². The van der Waals surface area contributed by atoms with Gasteiger partial charge in [-0.3, -0.25) is 0 Å². The van der Waals surface area contributed by atoms with Crippen molar-refractivity contribution in [2.24, 2.45) is 0 Å². The van der Waals surface area contributed by atoms with Crippen LogP contribution in [0.3, 0.4) is 0 Å². The zero-order valence-corrected chi connectivity index (χ0v) is 14.1. The van der Waals surface area contributed by atoms with Crippen LogP contribution < -0.4 is 9.47 Å². The van der Waals surface area contributed by atoms with Crippen LogP contribution in [0.2, 0.25) is 0 Å². The standard InChI is InChI=1S/C14H13Br2NO3/c1-8(18)9-4-3-5-17-14(9)20-13-7-10(15)12(19-2)6-11(13)16/h3-8,18H,1-2H3. The number of rotatable bonds is 4. The van der Waals surface area contributed by atoms with E-state index in [9.17, 15) is 5.11 Å². The summed E-state index contributed by atoms with van der Waals surface area (Å²) in [6.07, 6.45) is 0.965. The Labute approximate surface area is 134 Å². The molecule has 1 N–H and O–H groups in total. The predicted molar refractivity (Wildman–Crippen MR) is 83.3 cm³/mol. The zero-order valence-electron chi connectivity index (χ0n) is 10.9. The lowest BCUT2D eigenvalue weighted by atomic mass is 10.2. The Kier molecular flexibility index (Phi) is 5.01. The van der Waals surface area contributed by atoms with E-state index in [1.54, 1.807) is 44.5 Å². The first kappa shape index (κ1) is 15.3. The molecule has 1 aromatic heterocycles. The first-order valence-corrected chi connectivity index (χ1v) is 7.45. The molecule has 0 aliphatic carbocycles. The van der Waals surface area contributed by atoms with Crippen molar-refractivity contribution in [1.29, 1.82) is 0 Å². The van der Waals surface area contributed by atoms with Gasteiger partial charge in [0.2, 0.25) is 5.88 Å². The lowest BCUT2D eigenvalue weighted by Gasteiger charge is -2.14. The second-order valence-corrected chi connectivity index (χ2v) is 5.80. The van der Waals surface area contributed by atoms with Gasteiger partial charge in [-0.25, -0.2) is 4.98 Å². The molecule has 6 heteroatoms. The maximum atomic E-state index is 9.73. The van der Waals surface area contributed by atoms with Crippen LogP contribution in [0, 0.1) is 0 Å². The highest BCUT2D eigenvalue weighted by molar-refractivity contribution is 9.11. The quantitative estimate of drug-likeness (QED) is 0.820. The molecule has 0 radical (unpaired) electrons. The molecule has 0 saturated heterocycles. The molecule has 0 spiro atoms. The molecule has 0 bridgehead atoms. The summed E-state index contributed by atoms with van der Waals surface area (Å²) >= 11 is 6.83. The number of hydrogen-bond donors (Lipinski definition) is 1. The summed E-state index contributed by atoms with van der Waals surface area (Å²) in [4.78, 5) is 4.16. The minimum absolute atomic E-state index is 0.375. The largest absolute Gasteiger partial charge is 0.496 e. The van der Waals surface area contributed by atoms with Gasteiger partial charge in [0.05, 0.1) is 22.2 Å². The van der Waals surface area contributed by atoms with Gasteiger partial charge in [0, 0.05) is 11.8 Å². The molecule has 106 valence electrons. The molecular weight excluding hydrogens is 390 g/mol. The zero-order chi connectivity index (χ0) is 14.7. The van der Waals surface area contributed by atoms with E-state index < -0.39 is 6.10 Å². The van der Waals surface area contributed by atoms with Crippen molar-refractivity contribution >= 4 is 31.9 Å². The number of hydrogen-bond acceptors (Lipinski definition) is 4. The smallest absolute Gasteiger partial charge is 0.225 e. The SMILES string of the molecule is COc1cc(Br)c(Oc2ncccc2C(C)O)cc1Br. The van der Waals surface area contributed by atoms with Crippen LogP contribution in [0.4, 0.5) is 0 Å². The Morgan fingerprint density at radius 3 is 2.50 bits per heavy atom. The number of pyridine rings is 1. The highest BCUT2D eigenvalue weighted by Gasteiger charge is 2.14. The van der Waals surface area contributed by atoms with E-state index in [1.807, 2.05) is 0 Å². The van der Waals surface area contributed by atoms with Crippen LogP contribution in [0.15, 0.2) is 39.4 Å². The Bertz CT molecular complexity index is 617. The normalized spacial score (nSPS) is 12.1. The Balaban J connectivity index is 2.38. The molecule has 1 heterocycles. The van der Waals surface area contributed by atoms with E-state index in [0.717, 1.165) is 8.95 Å². The number of aliphatic hydroxyl groups is 1. The van der Waals surface area contributed by atoms with Crippen molar-refractivity contribution in [3.05, 3.63) is 45.0 Å². The average molecular weight is 403 g/mol. The number of ether oxygens (including phenoxy) is 2. The molecule has 1 unspecified atom stereocenters. The van der Waals surface area contributed by atoms with Crippen molar-refractivity contribution in [2.75, 3.05) is 7.11 Å². The summed E-state index contributed by atoms with van der Waals surface area (Å²) in [5.41, 5.74) is 0.631. The fourth-order valence-electron chi connectivity index (χ4n) is 1.66. The summed E-state index contributed by atoms with van der Waals surface area (Å²) in [5, 5.41) is 9.73. The van der Waals surface area contributed by atoms with Crippen LogP contribution in [-0.2, 0) is 0 Å². The fourth-order valence-corrected chi connectivity index (χ4v) is 2.54. The fraction of sp³-hybridized carbons (Fsp3) is 0.214. The van der Waals surface area contributed by atoms with E-state index in [1.165, 1.54) is 0 Å². The van der Waals surface area contributed by atoms with Gasteiger partial charge in [-0.2, -0.15) is 0 Å². The van der Waals surface area contributed by atoms with Gasteiger partial charge in [-0.15, -0.1) is 0 Å². The van der Waals surface area contributed by atoms with Crippen LogP contribution in [0.1, 0.15) is 18.6 Å². The highest BCUT2D eigenvalue weighted by Crippen LogP contribution is 2.38. The molecule has 0 fully saturated rings. The number of aromatic nitrogens is 1. The Morgan fingerprint density at radius 1 is 1.20 bits per heavy atom. The van der Waals surface area contributed by atoms with Crippen molar-refractivity contribution in [3.63, 3.8) is 0 Å². The molecule has 0 aliphatic rings. The van der Waals surface area contributed by atoms with Crippen molar-refractivity contribution in [1.82, 2.24) is 4.98 Å². The summed E-state index contributed by atoms with van der Waals surface area (Å²) in [6.45, 7) is 1.67. The topological polar surface area (TPSA) is 51.6 Å². The molecule has 4 nitrogen and oxygen atoms in total. The highest BCUT2D eigenvalue weighted by atomic mass is 79.9. The Hall–Kier alpha value is -1.11. The minimum atomic E-state index is -0.654. The molecule has 0 amide bonds. The van der Waals surface area contributed by atoms with Crippen LogP contribution >= 0.6 is 31.9 Å². The summed E-state index contributed by atoms with van der Waals surface area (Å²) in [5.74, 6) is 1.65. The third kappa shape index (κ3) is 3.31. The second kappa shape index (κ2) is 6.56. The number of methoxy groups -OCH3 is 1. The summed E-state index contributed by atoms with van der Waals surface area (Å²) in [7, 11) is 1.59. The van der Waals surface area contributed by atoms with Crippen molar-refractivity contribution < 1.29 is 14.6 Å². The maximum Gasteiger partial charge on any atom is 0.225 e. The maximum absolute atomic E-state index is 9.73. The molecule has 1 atom stereocenters. The van der Waals surface area contributed by atoms with E-state index in [0.29, 0.717) is 22.9 Å². The molecule has 0 saturated carbocycles. The van der Waals surface area contributed by atoms with Gasteiger partial charge in [0.25, 0.3) is 0 Å². The average Bonchev–Trinajstić information content (AvgIpc) is 2.42. The number of benzene rings is 1. The summed E-state index contributed by atoms with van der Waals surface area (Å²) in [6, 6.07) is 7.11.